The van der Waals surface area contributed by atoms with Gasteiger partial charge in [0.15, 0.2) is 0 Å². The third-order valence-electron chi connectivity index (χ3n) is 1.54. The van der Waals surface area contributed by atoms with Gasteiger partial charge in [0, 0.05) is 6.20 Å². The van der Waals surface area contributed by atoms with E-state index in [0.717, 1.165) is 0 Å². The minimum Gasteiger partial charge on any atom is -0.468 e. The van der Waals surface area contributed by atoms with Crippen LogP contribution in [0.2, 0.25) is 0 Å². The molecule has 1 N–H and O–H groups in total. The molecule has 0 unspecified atom stereocenters. The fourth-order valence-corrected chi connectivity index (χ4v) is 0.926. The molecule has 0 aliphatic heterocycles. The molecule has 1 rings (SSSR count). The maximum Gasteiger partial charge on any atom is 0.412 e. The van der Waals surface area contributed by atoms with Gasteiger partial charge in [-0.1, -0.05) is 0 Å². The van der Waals surface area contributed by atoms with Crippen LogP contribution in [0.4, 0.5) is 10.5 Å². The van der Waals surface area contributed by atoms with Gasteiger partial charge < -0.3 is 9.47 Å². The van der Waals surface area contributed by atoms with E-state index < -0.39 is 11.7 Å². The first kappa shape index (κ1) is 16.9. The van der Waals surface area contributed by atoms with Crippen LogP contribution in [-0.2, 0) is 14.3 Å². The molecule has 1 aromatic rings. The third kappa shape index (κ3) is 10.7. The first-order valence-corrected chi connectivity index (χ1v) is 5.84. The molecule has 0 radical (unpaired) electrons. The van der Waals surface area contributed by atoms with Crippen LogP contribution >= 0.6 is 0 Å². The van der Waals surface area contributed by atoms with Crippen molar-refractivity contribution in [3.8, 4) is 0 Å². The molecule has 6 nitrogen and oxygen atoms in total. The molecule has 1 heterocycles. The smallest absolute Gasteiger partial charge is 0.412 e. The van der Waals surface area contributed by atoms with Gasteiger partial charge in [-0.05, 0) is 39.8 Å². The number of carbonyl (C=O) groups excluding carboxylic acids is 2. The van der Waals surface area contributed by atoms with Crippen molar-refractivity contribution in [1.82, 2.24) is 4.98 Å². The van der Waals surface area contributed by atoms with Gasteiger partial charge in [0.1, 0.15) is 5.60 Å². The first-order chi connectivity index (χ1) is 8.89. The molecule has 0 aliphatic carbocycles. The number of amides is 1. The number of rotatable bonds is 3. The Morgan fingerprint density at radius 3 is 2.53 bits per heavy atom. The number of pyridine rings is 1. The molecule has 106 valence electrons. The summed E-state index contributed by atoms with van der Waals surface area (Å²) in [7, 11) is 0. The van der Waals surface area contributed by atoms with E-state index in [2.05, 4.69) is 15.0 Å². The molecule has 0 fully saturated rings. The quantitative estimate of drug-likeness (QED) is 0.852. The highest BCUT2D eigenvalue weighted by molar-refractivity contribution is 5.84. The SMILES string of the molecule is CC(C)(C)OC(=O)Nc1cccnc1.CCOC=O. The Labute approximate surface area is 113 Å². The van der Waals surface area contributed by atoms with Gasteiger partial charge in [-0.3, -0.25) is 15.1 Å². The lowest BCUT2D eigenvalue weighted by molar-refractivity contribution is -0.128. The summed E-state index contributed by atoms with van der Waals surface area (Å²) in [6, 6.07) is 3.49. The zero-order valence-electron chi connectivity index (χ0n) is 11.7. The second-order valence-electron chi connectivity index (χ2n) is 4.42. The lowest BCUT2D eigenvalue weighted by Gasteiger charge is -2.19. The van der Waals surface area contributed by atoms with E-state index in [1.807, 2.05) is 20.8 Å². The summed E-state index contributed by atoms with van der Waals surface area (Å²) in [5.41, 5.74) is 0.147. The lowest BCUT2D eigenvalue weighted by Crippen LogP contribution is -2.27. The summed E-state index contributed by atoms with van der Waals surface area (Å²) in [5.74, 6) is 0. The number of nitrogens with one attached hydrogen (secondary N) is 1. The van der Waals surface area contributed by atoms with Crippen LogP contribution in [0, 0.1) is 0 Å². The number of anilines is 1. The number of hydrogen-bond acceptors (Lipinski definition) is 5. The van der Waals surface area contributed by atoms with E-state index >= 15 is 0 Å². The van der Waals surface area contributed by atoms with E-state index in [1.54, 1.807) is 31.5 Å². The van der Waals surface area contributed by atoms with Gasteiger partial charge in [-0.15, -0.1) is 0 Å². The topological polar surface area (TPSA) is 77.5 Å². The highest BCUT2D eigenvalue weighted by Crippen LogP contribution is 2.09. The number of aromatic nitrogens is 1. The highest BCUT2D eigenvalue weighted by atomic mass is 16.6. The van der Waals surface area contributed by atoms with E-state index in [1.165, 1.54) is 0 Å². The number of hydrogen-bond donors (Lipinski definition) is 1. The average Bonchev–Trinajstić information content (AvgIpc) is 2.29. The van der Waals surface area contributed by atoms with Crippen molar-refractivity contribution in [3.63, 3.8) is 0 Å². The molecule has 1 aromatic heterocycles. The van der Waals surface area contributed by atoms with E-state index in [4.69, 9.17) is 4.74 Å². The summed E-state index contributed by atoms with van der Waals surface area (Å²) in [5, 5.41) is 2.57. The van der Waals surface area contributed by atoms with Crippen molar-refractivity contribution < 1.29 is 19.1 Å². The van der Waals surface area contributed by atoms with Crippen LogP contribution in [0.5, 0.6) is 0 Å². The van der Waals surface area contributed by atoms with Crippen LogP contribution in [0.15, 0.2) is 24.5 Å². The van der Waals surface area contributed by atoms with Crippen LogP contribution in [0.3, 0.4) is 0 Å². The predicted molar refractivity (Wildman–Crippen MR) is 71.8 cm³/mol. The molecule has 0 saturated carbocycles. The second kappa shape index (κ2) is 8.91. The van der Waals surface area contributed by atoms with Crippen LogP contribution in [0.25, 0.3) is 0 Å². The van der Waals surface area contributed by atoms with E-state index in [0.29, 0.717) is 18.8 Å². The summed E-state index contributed by atoms with van der Waals surface area (Å²) < 4.78 is 9.22. The molecule has 0 atom stereocenters. The van der Waals surface area contributed by atoms with Gasteiger partial charge in [-0.25, -0.2) is 4.79 Å². The molecule has 0 saturated heterocycles. The van der Waals surface area contributed by atoms with Gasteiger partial charge in [-0.2, -0.15) is 0 Å². The maximum absolute atomic E-state index is 11.3. The molecule has 0 bridgehead atoms. The molecule has 1 amide bonds. The van der Waals surface area contributed by atoms with Crippen molar-refractivity contribution in [2.75, 3.05) is 11.9 Å². The molecule has 19 heavy (non-hydrogen) atoms. The summed E-state index contributed by atoms with van der Waals surface area (Å²) in [4.78, 5) is 24.3. The third-order valence-corrected chi connectivity index (χ3v) is 1.54. The molecule has 6 heteroatoms. The standard InChI is InChI=1S/C10H14N2O2.C3H6O2/c1-10(2,3)14-9(13)12-8-5-4-6-11-7-8;1-2-5-3-4/h4-7H,1-3H3,(H,12,13);3H,2H2,1H3. The fraction of sp³-hybridized carbons (Fsp3) is 0.462. The summed E-state index contributed by atoms with van der Waals surface area (Å²) in [6.45, 7) is 8.11. The monoisotopic (exact) mass is 268 g/mol. The van der Waals surface area contributed by atoms with Gasteiger partial charge in [0.05, 0.1) is 18.5 Å². The van der Waals surface area contributed by atoms with Crippen molar-refractivity contribution in [1.29, 1.82) is 0 Å². The molecule has 0 aliphatic rings. The summed E-state index contributed by atoms with van der Waals surface area (Å²) >= 11 is 0. The average molecular weight is 268 g/mol. The van der Waals surface area contributed by atoms with Gasteiger partial charge >= 0.3 is 6.09 Å². The molecular formula is C13H20N2O4. The Morgan fingerprint density at radius 2 is 2.16 bits per heavy atom. The Morgan fingerprint density at radius 1 is 1.47 bits per heavy atom. The lowest BCUT2D eigenvalue weighted by atomic mass is 10.2. The Hall–Kier alpha value is -2.11. The molecular weight excluding hydrogens is 248 g/mol. The number of ether oxygens (including phenoxy) is 2. The normalized spacial score (nSPS) is 9.68. The Kier molecular flexibility index (Phi) is 7.92. The number of nitrogens with zero attached hydrogens (tertiary/aromatic N) is 1. The number of carbonyl (C=O) groups is 2. The Bertz CT molecular complexity index is 374. The summed E-state index contributed by atoms with van der Waals surface area (Å²) in [6.07, 6.45) is 2.73. The Balaban J connectivity index is 0.000000555. The van der Waals surface area contributed by atoms with Crippen molar-refractivity contribution in [2.24, 2.45) is 0 Å². The van der Waals surface area contributed by atoms with Crippen molar-refractivity contribution >= 4 is 18.3 Å². The first-order valence-electron chi connectivity index (χ1n) is 5.84. The van der Waals surface area contributed by atoms with E-state index in [-0.39, 0.29) is 0 Å². The van der Waals surface area contributed by atoms with Crippen molar-refractivity contribution in [2.45, 2.75) is 33.3 Å². The van der Waals surface area contributed by atoms with E-state index in [9.17, 15) is 9.59 Å². The largest absolute Gasteiger partial charge is 0.468 e. The van der Waals surface area contributed by atoms with Gasteiger partial charge in [0.2, 0.25) is 0 Å². The minimum atomic E-state index is -0.480. The maximum atomic E-state index is 11.3. The van der Waals surface area contributed by atoms with Crippen molar-refractivity contribution in [3.05, 3.63) is 24.5 Å². The van der Waals surface area contributed by atoms with Gasteiger partial charge in [0.25, 0.3) is 6.47 Å². The molecule has 0 spiro atoms. The zero-order chi connectivity index (χ0) is 14.7. The molecule has 0 aromatic carbocycles. The second-order valence-corrected chi connectivity index (χ2v) is 4.42. The van der Waals surface area contributed by atoms with Crippen LogP contribution < -0.4 is 5.32 Å². The fourth-order valence-electron chi connectivity index (χ4n) is 0.926. The highest BCUT2D eigenvalue weighted by Gasteiger charge is 2.15. The van der Waals surface area contributed by atoms with Crippen LogP contribution in [-0.4, -0.2) is 29.8 Å². The predicted octanol–water partition coefficient (Wildman–Crippen LogP) is 2.61. The van der Waals surface area contributed by atoms with Crippen LogP contribution in [0.1, 0.15) is 27.7 Å². The minimum absolute atomic E-state index is 0.431. The zero-order valence-corrected chi connectivity index (χ0v) is 11.7.